The van der Waals surface area contributed by atoms with Crippen molar-refractivity contribution in [3.8, 4) is 5.75 Å². The Balaban J connectivity index is 1.58. The van der Waals surface area contributed by atoms with E-state index in [0.29, 0.717) is 11.7 Å². The first-order chi connectivity index (χ1) is 10.7. The van der Waals surface area contributed by atoms with Crippen LogP contribution in [0.2, 0.25) is 0 Å². The highest BCUT2D eigenvalue weighted by Crippen LogP contribution is 2.27. The van der Waals surface area contributed by atoms with Crippen molar-refractivity contribution < 1.29 is 9.13 Å². The van der Waals surface area contributed by atoms with Gasteiger partial charge < -0.3 is 9.30 Å². The van der Waals surface area contributed by atoms with Crippen molar-refractivity contribution in [2.45, 2.75) is 25.3 Å². The van der Waals surface area contributed by atoms with Crippen molar-refractivity contribution in [3.63, 3.8) is 0 Å². The number of hydrogen-bond acceptors (Lipinski definition) is 4. The van der Waals surface area contributed by atoms with E-state index >= 15 is 0 Å². The highest BCUT2D eigenvalue weighted by Gasteiger charge is 2.23. The Morgan fingerprint density at radius 1 is 1.32 bits per heavy atom. The predicted molar refractivity (Wildman–Crippen MR) is 81.2 cm³/mol. The molecule has 0 radical (unpaired) electrons. The van der Waals surface area contributed by atoms with E-state index in [4.69, 9.17) is 4.74 Å². The molecule has 2 heterocycles. The molecule has 2 aromatic rings. The minimum atomic E-state index is -0.297. The minimum Gasteiger partial charge on any atom is -0.494 e. The van der Waals surface area contributed by atoms with Crippen LogP contribution >= 0.6 is 0 Å². The Kier molecular flexibility index (Phi) is 4.38. The molecule has 1 aromatic heterocycles. The zero-order chi connectivity index (χ0) is 15.5. The lowest BCUT2D eigenvalue weighted by Crippen LogP contribution is -2.33. The highest BCUT2D eigenvalue weighted by atomic mass is 19.1. The van der Waals surface area contributed by atoms with Gasteiger partial charge in [-0.25, -0.2) is 4.39 Å². The molecule has 0 N–H and O–H groups in total. The number of ether oxygens (including phenoxy) is 1. The third kappa shape index (κ3) is 3.11. The van der Waals surface area contributed by atoms with Gasteiger partial charge in [0.1, 0.15) is 12.2 Å². The van der Waals surface area contributed by atoms with Crippen LogP contribution < -0.4 is 4.74 Å². The maximum Gasteiger partial charge on any atom is 0.165 e. The third-order valence-corrected chi connectivity index (χ3v) is 4.32. The molecule has 0 bridgehead atoms. The van der Waals surface area contributed by atoms with Crippen LogP contribution in [0.1, 0.15) is 30.1 Å². The molecule has 1 saturated heterocycles. The Morgan fingerprint density at radius 3 is 2.68 bits per heavy atom. The van der Waals surface area contributed by atoms with Gasteiger partial charge in [-0.3, -0.25) is 4.90 Å². The van der Waals surface area contributed by atoms with Gasteiger partial charge in [0.2, 0.25) is 0 Å². The molecule has 1 fully saturated rings. The van der Waals surface area contributed by atoms with Crippen LogP contribution in [-0.2, 0) is 13.6 Å². The summed E-state index contributed by atoms with van der Waals surface area (Å²) in [5.74, 6) is 1.53. The number of piperidine rings is 1. The van der Waals surface area contributed by atoms with Gasteiger partial charge in [-0.2, -0.15) is 0 Å². The number of nitrogens with zero attached hydrogens (tertiary/aromatic N) is 4. The van der Waals surface area contributed by atoms with Crippen molar-refractivity contribution in [2.75, 3.05) is 20.2 Å². The van der Waals surface area contributed by atoms with Gasteiger partial charge >= 0.3 is 0 Å². The molecule has 0 saturated carbocycles. The van der Waals surface area contributed by atoms with Crippen molar-refractivity contribution >= 4 is 0 Å². The normalized spacial score (nSPS) is 16.9. The second-order valence-electron chi connectivity index (χ2n) is 5.82. The topological polar surface area (TPSA) is 43.2 Å². The van der Waals surface area contributed by atoms with Crippen molar-refractivity contribution in [1.29, 1.82) is 0 Å². The number of likely N-dealkylation sites (tertiary alicyclic amines) is 1. The molecule has 1 aromatic carbocycles. The standard InChI is InChI=1S/C16H21FN4O/c1-20-11-18-19-16(20)13-5-7-21(8-6-13)10-12-3-4-15(22-2)14(17)9-12/h3-4,9,11,13H,5-8,10H2,1-2H3. The zero-order valence-corrected chi connectivity index (χ0v) is 13.0. The molecule has 3 rings (SSSR count). The molecule has 0 atom stereocenters. The van der Waals surface area contributed by atoms with Crippen LogP contribution in [-0.4, -0.2) is 39.9 Å². The third-order valence-electron chi connectivity index (χ3n) is 4.32. The first kappa shape index (κ1) is 15.0. The molecule has 0 aliphatic carbocycles. The SMILES string of the molecule is COc1ccc(CN2CCC(c3nncn3C)CC2)cc1F. The van der Waals surface area contributed by atoms with E-state index < -0.39 is 0 Å². The number of benzene rings is 1. The maximum absolute atomic E-state index is 13.7. The second-order valence-corrected chi connectivity index (χ2v) is 5.82. The van der Waals surface area contributed by atoms with Gasteiger partial charge in [0.15, 0.2) is 11.6 Å². The van der Waals surface area contributed by atoms with Gasteiger partial charge in [0.05, 0.1) is 7.11 Å². The van der Waals surface area contributed by atoms with Crippen LogP contribution in [0.25, 0.3) is 0 Å². The van der Waals surface area contributed by atoms with E-state index in [1.165, 1.54) is 7.11 Å². The van der Waals surface area contributed by atoms with Crippen LogP contribution in [0.15, 0.2) is 24.5 Å². The number of rotatable bonds is 4. The summed E-state index contributed by atoms with van der Waals surface area (Å²) in [5, 5.41) is 8.17. The van der Waals surface area contributed by atoms with E-state index in [2.05, 4.69) is 15.1 Å². The van der Waals surface area contributed by atoms with Crippen molar-refractivity contribution in [3.05, 3.63) is 41.7 Å². The molecule has 6 heteroatoms. The molecule has 0 unspecified atom stereocenters. The van der Waals surface area contributed by atoms with Crippen molar-refractivity contribution in [2.24, 2.45) is 7.05 Å². The molecular weight excluding hydrogens is 283 g/mol. The van der Waals surface area contributed by atoms with E-state index in [0.717, 1.165) is 43.9 Å². The van der Waals surface area contributed by atoms with Crippen LogP contribution in [0.3, 0.4) is 0 Å². The van der Waals surface area contributed by atoms with Gasteiger partial charge in [-0.15, -0.1) is 10.2 Å². The lowest BCUT2D eigenvalue weighted by Gasteiger charge is -2.31. The summed E-state index contributed by atoms with van der Waals surface area (Å²) < 4.78 is 20.7. The highest BCUT2D eigenvalue weighted by molar-refractivity contribution is 5.29. The minimum absolute atomic E-state index is 0.296. The van der Waals surface area contributed by atoms with E-state index in [1.807, 2.05) is 17.7 Å². The largest absolute Gasteiger partial charge is 0.494 e. The summed E-state index contributed by atoms with van der Waals surface area (Å²) in [5.41, 5.74) is 0.982. The lowest BCUT2D eigenvalue weighted by atomic mass is 9.95. The van der Waals surface area contributed by atoms with E-state index in [-0.39, 0.29) is 5.82 Å². The number of methoxy groups -OCH3 is 1. The molecule has 1 aliphatic rings. The Morgan fingerprint density at radius 2 is 2.09 bits per heavy atom. The summed E-state index contributed by atoms with van der Waals surface area (Å²) >= 11 is 0. The Labute approximate surface area is 129 Å². The smallest absolute Gasteiger partial charge is 0.165 e. The molecule has 5 nitrogen and oxygen atoms in total. The fourth-order valence-corrected chi connectivity index (χ4v) is 3.08. The fourth-order valence-electron chi connectivity index (χ4n) is 3.08. The summed E-state index contributed by atoms with van der Waals surface area (Å²) in [4.78, 5) is 2.36. The molecule has 0 spiro atoms. The number of aryl methyl sites for hydroxylation is 1. The van der Waals surface area contributed by atoms with Gasteiger partial charge in [0, 0.05) is 19.5 Å². The van der Waals surface area contributed by atoms with Crippen LogP contribution in [0, 0.1) is 5.82 Å². The molecular formula is C16H21FN4O. The molecule has 0 amide bonds. The van der Waals surface area contributed by atoms with Gasteiger partial charge in [-0.1, -0.05) is 6.07 Å². The molecule has 22 heavy (non-hydrogen) atoms. The second kappa shape index (κ2) is 6.44. The Bertz CT molecular complexity index is 635. The Hall–Kier alpha value is -1.95. The zero-order valence-electron chi connectivity index (χ0n) is 13.0. The van der Waals surface area contributed by atoms with Crippen LogP contribution in [0.5, 0.6) is 5.75 Å². The van der Waals surface area contributed by atoms with Gasteiger partial charge in [0.25, 0.3) is 0 Å². The molecule has 118 valence electrons. The van der Waals surface area contributed by atoms with Crippen molar-refractivity contribution in [1.82, 2.24) is 19.7 Å². The lowest BCUT2D eigenvalue weighted by molar-refractivity contribution is 0.200. The fraction of sp³-hybridized carbons (Fsp3) is 0.500. The average molecular weight is 304 g/mol. The van der Waals surface area contributed by atoms with Crippen LogP contribution in [0.4, 0.5) is 4.39 Å². The maximum atomic E-state index is 13.7. The van der Waals surface area contributed by atoms with E-state index in [1.54, 1.807) is 18.5 Å². The molecule has 1 aliphatic heterocycles. The summed E-state index contributed by atoms with van der Waals surface area (Å²) in [6.45, 7) is 2.75. The summed E-state index contributed by atoms with van der Waals surface area (Å²) in [6, 6.07) is 5.18. The summed E-state index contributed by atoms with van der Waals surface area (Å²) in [6.07, 6.45) is 3.87. The summed E-state index contributed by atoms with van der Waals surface area (Å²) in [7, 11) is 3.47. The van der Waals surface area contributed by atoms with E-state index in [9.17, 15) is 4.39 Å². The quantitative estimate of drug-likeness (QED) is 0.869. The number of halogens is 1. The first-order valence-electron chi connectivity index (χ1n) is 7.56. The average Bonchev–Trinajstić information content (AvgIpc) is 2.94. The number of hydrogen-bond donors (Lipinski definition) is 0. The monoisotopic (exact) mass is 304 g/mol. The van der Waals surface area contributed by atoms with Gasteiger partial charge in [-0.05, 0) is 43.6 Å². The first-order valence-corrected chi connectivity index (χ1v) is 7.56. The number of aromatic nitrogens is 3. The predicted octanol–water partition coefficient (Wildman–Crippen LogP) is 2.34.